The van der Waals surface area contributed by atoms with Gasteiger partial charge in [-0.3, -0.25) is 0 Å². The van der Waals surface area contributed by atoms with Crippen LogP contribution in [0.5, 0.6) is 0 Å². The predicted molar refractivity (Wildman–Crippen MR) is 78.1 cm³/mol. The maximum Gasteiger partial charge on any atom is 0.0593 e. The molecule has 0 aromatic heterocycles. The lowest BCUT2D eigenvalue weighted by Gasteiger charge is -2.26. The molecule has 0 spiro atoms. The van der Waals surface area contributed by atoms with E-state index in [1.165, 1.54) is 5.56 Å². The molecule has 0 aliphatic rings. The van der Waals surface area contributed by atoms with Crippen LogP contribution in [0.25, 0.3) is 0 Å². The second kappa shape index (κ2) is 7.55. The van der Waals surface area contributed by atoms with Crippen molar-refractivity contribution >= 4 is 0 Å². The minimum Gasteiger partial charge on any atom is -0.379 e. The molecule has 0 heterocycles. The van der Waals surface area contributed by atoms with Gasteiger partial charge >= 0.3 is 0 Å². The van der Waals surface area contributed by atoms with Crippen LogP contribution in [0.3, 0.4) is 0 Å². The standard InChI is InChI=1S/C16H27NO/c1-5-17(6-2)12-13-18-14-16(3,4)15-10-8-7-9-11-15/h7-11H,5-6,12-14H2,1-4H3. The Morgan fingerprint density at radius 3 is 2.22 bits per heavy atom. The van der Waals surface area contributed by atoms with Crippen LogP contribution in [0.15, 0.2) is 30.3 Å². The number of rotatable bonds is 8. The van der Waals surface area contributed by atoms with Gasteiger partial charge in [0, 0.05) is 12.0 Å². The van der Waals surface area contributed by atoms with Crippen LogP contribution < -0.4 is 0 Å². The highest BCUT2D eigenvalue weighted by molar-refractivity contribution is 5.23. The van der Waals surface area contributed by atoms with Crippen molar-refractivity contribution in [3.63, 3.8) is 0 Å². The molecule has 18 heavy (non-hydrogen) atoms. The van der Waals surface area contributed by atoms with E-state index >= 15 is 0 Å². The fourth-order valence-electron chi connectivity index (χ4n) is 2.03. The highest BCUT2D eigenvalue weighted by Crippen LogP contribution is 2.22. The number of hydrogen-bond donors (Lipinski definition) is 0. The van der Waals surface area contributed by atoms with Crippen molar-refractivity contribution in [2.45, 2.75) is 33.1 Å². The Bertz CT molecular complexity index is 317. The Balaban J connectivity index is 2.34. The van der Waals surface area contributed by atoms with E-state index in [1.807, 2.05) is 0 Å². The van der Waals surface area contributed by atoms with Gasteiger partial charge in [-0.25, -0.2) is 0 Å². The smallest absolute Gasteiger partial charge is 0.0593 e. The summed E-state index contributed by atoms with van der Waals surface area (Å²) in [7, 11) is 0. The number of ether oxygens (including phenoxy) is 1. The molecule has 0 unspecified atom stereocenters. The first-order valence-electron chi connectivity index (χ1n) is 6.95. The van der Waals surface area contributed by atoms with Crippen molar-refractivity contribution < 1.29 is 4.74 Å². The van der Waals surface area contributed by atoms with Crippen molar-refractivity contribution in [1.82, 2.24) is 4.90 Å². The highest BCUT2D eigenvalue weighted by atomic mass is 16.5. The van der Waals surface area contributed by atoms with E-state index in [1.54, 1.807) is 0 Å². The first-order valence-corrected chi connectivity index (χ1v) is 6.95. The molecular weight excluding hydrogens is 222 g/mol. The van der Waals surface area contributed by atoms with Crippen molar-refractivity contribution in [2.24, 2.45) is 0 Å². The first-order chi connectivity index (χ1) is 8.60. The van der Waals surface area contributed by atoms with Gasteiger partial charge in [0.25, 0.3) is 0 Å². The molecule has 0 saturated heterocycles. The maximum absolute atomic E-state index is 5.85. The second-order valence-corrected chi connectivity index (χ2v) is 5.33. The van der Waals surface area contributed by atoms with Gasteiger partial charge in [0.1, 0.15) is 0 Å². The molecule has 2 nitrogen and oxygen atoms in total. The first kappa shape index (κ1) is 15.2. The van der Waals surface area contributed by atoms with Gasteiger partial charge < -0.3 is 9.64 Å². The SMILES string of the molecule is CCN(CC)CCOCC(C)(C)c1ccccc1. The summed E-state index contributed by atoms with van der Waals surface area (Å²) < 4.78 is 5.85. The molecule has 0 bridgehead atoms. The fraction of sp³-hybridized carbons (Fsp3) is 0.625. The summed E-state index contributed by atoms with van der Waals surface area (Å²) >= 11 is 0. The fourth-order valence-corrected chi connectivity index (χ4v) is 2.03. The molecule has 102 valence electrons. The second-order valence-electron chi connectivity index (χ2n) is 5.33. The van der Waals surface area contributed by atoms with E-state index in [0.717, 1.165) is 32.8 Å². The monoisotopic (exact) mass is 249 g/mol. The quantitative estimate of drug-likeness (QED) is 0.655. The summed E-state index contributed by atoms with van der Waals surface area (Å²) in [6, 6.07) is 10.6. The Hall–Kier alpha value is -0.860. The van der Waals surface area contributed by atoms with Crippen LogP contribution in [0, 0.1) is 0 Å². The lowest BCUT2D eigenvalue weighted by molar-refractivity contribution is 0.0759. The van der Waals surface area contributed by atoms with Gasteiger partial charge in [-0.05, 0) is 18.7 Å². The van der Waals surface area contributed by atoms with Crippen molar-refractivity contribution in [1.29, 1.82) is 0 Å². The molecule has 0 fully saturated rings. The number of likely N-dealkylation sites (N-methyl/N-ethyl adjacent to an activating group) is 1. The van der Waals surface area contributed by atoms with Crippen molar-refractivity contribution in [3.8, 4) is 0 Å². The third-order valence-corrected chi connectivity index (χ3v) is 3.46. The summed E-state index contributed by atoms with van der Waals surface area (Å²) in [4.78, 5) is 2.38. The third-order valence-electron chi connectivity index (χ3n) is 3.46. The highest BCUT2D eigenvalue weighted by Gasteiger charge is 2.20. The van der Waals surface area contributed by atoms with E-state index < -0.39 is 0 Å². The number of benzene rings is 1. The van der Waals surface area contributed by atoms with E-state index in [9.17, 15) is 0 Å². The molecule has 1 aromatic rings. The third kappa shape index (κ3) is 4.79. The average molecular weight is 249 g/mol. The predicted octanol–water partition coefficient (Wildman–Crippen LogP) is 3.32. The van der Waals surface area contributed by atoms with E-state index in [-0.39, 0.29) is 5.41 Å². The van der Waals surface area contributed by atoms with Crippen molar-refractivity contribution in [2.75, 3.05) is 32.8 Å². The zero-order chi connectivity index (χ0) is 13.4. The summed E-state index contributed by atoms with van der Waals surface area (Å²) in [6.45, 7) is 13.7. The zero-order valence-electron chi connectivity index (χ0n) is 12.3. The zero-order valence-corrected chi connectivity index (χ0v) is 12.3. The Kier molecular flexibility index (Phi) is 6.37. The van der Waals surface area contributed by atoms with Crippen LogP contribution in [-0.2, 0) is 10.2 Å². The largest absolute Gasteiger partial charge is 0.379 e. The average Bonchev–Trinajstić information content (AvgIpc) is 2.40. The van der Waals surface area contributed by atoms with Gasteiger partial charge in [0.05, 0.1) is 13.2 Å². The molecule has 0 aliphatic heterocycles. The summed E-state index contributed by atoms with van der Waals surface area (Å²) in [5.41, 5.74) is 1.43. The van der Waals surface area contributed by atoms with Gasteiger partial charge in [0.15, 0.2) is 0 Å². The minimum absolute atomic E-state index is 0.0878. The van der Waals surface area contributed by atoms with E-state index in [2.05, 4.69) is 62.9 Å². The van der Waals surface area contributed by atoms with Crippen LogP contribution >= 0.6 is 0 Å². The Morgan fingerprint density at radius 1 is 1.06 bits per heavy atom. The molecule has 2 heteroatoms. The van der Waals surface area contributed by atoms with E-state index in [0.29, 0.717) is 0 Å². The molecule has 0 radical (unpaired) electrons. The van der Waals surface area contributed by atoms with Gasteiger partial charge in [-0.2, -0.15) is 0 Å². The number of hydrogen-bond acceptors (Lipinski definition) is 2. The lowest BCUT2D eigenvalue weighted by Crippen LogP contribution is -2.30. The molecule has 0 atom stereocenters. The number of nitrogens with zero attached hydrogens (tertiary/aromatic N) is 1. The lowest BCUT2D eigenvalue weighted by atomic mass is 9.86. The van der Waals surface area contributed by atoms with Crippen LogP contribution in [0.4, 0.5) is 0 Å². The summed E-state index contributed by atoms with van der Waals surface area (Å²) in [5, 5.41) is 0. The summed E-state index contributed by atoms with van der Waals surface area (Å²) in [6.07, 6.45) is 0. The van der Waals surface area contributed by atoms with Crippen molar-refractivity contribution in [3.05, 3.63) is 35.9 Å². The van der Waals surface area contributed by atoms with Crippen LogP contribution in [-0.4, -0.2) is 37.7 Å². The molecular formula is C16H27NO. The molecule has 1 rings (SSSR count). The molecule has 0 amide bonds. The summed E-state index contributed by atoms with van der Waals surface area (Å²) in [5.74, 6) is 0. The molecule has 0 aliphatic carbocycles. The Labute approximate surface area is 112 Å². The molecule has 0 N–H and O–H groups in total. The van der Waals surface area contributed by atoms with Crippen LogP contribution in [0.1, 0.15) is 33.3 Å². The van der Waals surface area contributed by atoms with Gasteiger partial charge in [0.2, 0.25) is 0 Å². The minimum atomic E-state index is 0.0878. The van der Waals surface area contributed by atoms with E-state index in [4.69, 9.17) is 4.74 Å². The molecule has 1 aromatic carbocycles. The normalized spacial score (nSPS) is 12.1. The molecule has 0 saturated carbocycles. The maximum atomic E-state index is 5.85. The van der Waals surface area contributed by atoms with Gasteiger partial charge in [-0.15, -0.1) is 0 Å². The topological polar surface area (TPSA) is 12.5 Å². The van der Waals surface area contributed by atoms with Gasteiger partial charge in [-0.1, -0.05) is 58.0 Å². The van der Waals surface area contributed by atoms with Crippen LogP contribution in [0.2, 0.25) is 0 Å². The Morgan fingerprint density at radius 2 is 1.67 bits per heavy atom.